The normalized spacial score (nSPS) is 34.9. The zero-order chi connectivity index (χ0) is 10.3. The van der Waals surface area contributed by atoms with E-state index in [4.69, 9.17) is 0 Å². The first-order valence-electron chi connectivity index (χ1n) is 5.54. The standard InChI is InChI=1S/C12H16N2O/c15-12-10-8-14(11(12)6-13-10)7-9-4-2-1-3-5-9/h1-5,10-13,15H,6-8H2/t10-,11-,12?/m0/s1. The molecule has 0 aliphatic carbocycles. The van der Waals surface area contributed by atoms with Crippen LogP contribution in [0, 0.1) is 0 Å². The van der Waals surface area contributed by atoms with Gasteiger partial charge in [0.05, 0.1) is 12.1 Å². The third-order valence-corrected chi connectivity index (χ3v) is 3.52. The molecular weight excluding hydrogens is 188 g/mol. The number of nitrogens with zero attached hydrogens (tertiary/aromatic N) is 1. The maximum Gasteiger partial charge on any atom is 0.0873 e. The van der Waals surface area contributed by atoms with Gasteiger partial charge in [-0.1, -0.05) is 30.3 Å². The van der Waals surface area contributed by atoms with Crippen molar-refractivity contribution in [2.45, 2.75) is 24.7 Å². The molecule has 2 N–H and O–H groups in total. The van der Waals surface area contributed by atoms with Crippen molar-refractivity contribution < 1.29 is 5.11 Å². The minimum atomic E-state index is -0.172. The number of fused-ring (bicyclic) bond motifs is 2. The van der Waals surface area contributed by atoms with E-state index in [-0.39, 0.29) is 6.10 Å². The minimum Gasteiger partial charge on any atom is -0.390 e. The lowest BCUT2D eigenvalue weighted by molar-refractivity contribution is 0.133. The molecule has 0 saturated carbocycles. The predicted octanol–water partition coefficient (Wildman–Crippen LogP) is 0.203. The summed E-state index contributed by atoms with van der Waals surface area (Å²) in [5.74, 6) is 0. The Morgan fingerprint density at radius 2 is 2.13 bits per heavy atom. The molecule has 3 atom stereocenters. The molecule has 2 fully saturated rings. The van der Waals surface area contributed by atoms with E-state index >= 15 is 0 Å². The zero-order valence-corrected chi connectivity index (χ0v) is 8.63. The van der Waals surface area contributed by atoms with Crippen molar-refractivity contribution in [2.24, 2.45) is 0 Å². The maximum absolute atomic E-state index is 9.87. The molecule has 1 unspecified atom stereocenters. The van der Waals surface area contributed by atoms with E-state index < -0.39 is 0 Å². The average molecular weight is 204 g/mol. The number of likely N-dealkylation sites (tertiary alicyclic amines) is 1. The van der Waals surface area contributed by atoms with Gasteiger partial charge in [0.15, 0.2) is 0 Å². The average Bonchev–Trinajstić information content (AvgIpc) is 2.75. The number of aliphatic hydroxyl groups is 1. The number of nitrogens with one attached hydrogen (secondary N) is 1. The van der Waals surface area contributed by atoms with E-state index in [2.05, 4.69) is 34.5 Å². The van der Waals surface area contributed by atoms with Crippen LogP contribution in [-0.2, 0) is 6.54 Å². The van der Waals surface area contributed by atoms with Crippen molar-refractivity contribution in [3.63, 3.8) is 0 Å². The van der Waals surface area contributed by atoms with Gasteiger partial charge >= 0.3 is 0 Å². The van der Waals surface area contributed by atoms with Crippen molar-refractivity contribution >= 4 is 0 Å². The number of hydrogen-bond donors (Lipinski definition) is 2. The summed E-state index contributed by atoms with van der Waals surface area (Å²) >= 11 is 0. The first-order chi connectivity index (χ1) is 7.34. The van der Waals surface area contributed by atoms with Crippen molar-refractivity contribution in [1.29, 1.82) is 0 Å². The van der Waals surface area contributed by atoms with Gasteiger partial charge in [0.25, 0.3) is 0 Å². The molecule has 2 saturated heterocycles. The summed E-state index contributed by atoms with van der Waals surface area (Å²) in [6.45, 7) is 2.86. The highest BCUT2D eigenvalue weighted by molar-refractivity contribution is 5.16. The predicted molar refractivity (Wildman–Crippen MR) is 58.4 cm³/mol. The van der Waals surface area contributed by atoms with E-state index in [1.165, 1.54) is 5.56 Å². The van der Waals surface area contributed by atoms with Crippen LogP contribution in [0.3, 0.4) is 0 Å². The molecule has 0 amide bonds. The molecular formula is C12H16N2O. The Morgan fingerprint density at radius 3 is 2.73 bits per heavy atom. The van der Waals surface area contributed by atoms with Crippen LogP contribution in [0.5, 0.6) is 0 Å². The SMILES string of the molecule is OC1[C@@H]2CN(Cc3ccccc3)[C@H]1CN2. The van der Waals surface area contributed by atoms with Gasteiger partial charge in [-0.3, -0.25) is 4.90 Å². The molecule has 1 aromatic carbocycles. The summed E-state index contributed by atoms with van der Waals surface area (Å²) in [5.41, 5.74) is 1.33. The van der Waals surface area contributed by atoms with Crippen LogP contribution in [0.1, 0.15) is 5.56 Å². The molecule has 3 nitrogen and oxygen atoms in total. The van der Waals surface area contributed by atoms with Crippen LogP contribution in [0.2, 0.25) is 0 Å². The van der Waals surface area contributed by atoms with Crippen LogP contribution in [0.15, 0.2) is 30.3 Å². The topological polar surface area (TPSA) is 35.5 Å². The third kappa shape index (κ3) is 1.57. The number of rotatable bonds is 2. The Kier molecular flexibility index (Phi) is 2.24. The largest absolute Gasteiger partial charge is 0.390 e. The number of aliphatic hydroxyl groups excluding tert-OH is 1. The van der Waals surface area contributed by atoms with Crippen LogP contribution in [0.4, 0.5) is 0 Å². The lowest BCUT2D eigenvalue weighted by atomic mass is 10.2. The summed E-state index contributed by atoms with van der Waals surface area (Å²) in [5, 5.41) is 13.2. The Labute approximate surface area is 89.7 Å². The van der Waals surface area contributed by atoms with Crippen LogP contribution in [-0.4, -0.2) is 41.3 Å². The first kappa shape index (κ1) is 9.33. The van der Waals surface area contributed by atoms with Gasteiger partial charge in [-0.2, -0.15) is 0 Å². The van der Waals surface area contributed by atoms with Crippen molar-refractivity contribution in [3.05, 3.63) is 35.9 Å². The molecule has 0 radical (unpaired) electrons. The van der Waals surface area contributed by atoms with Gasteiger partial charge in [-0.15, -0.1) is 0 Å². The Hall–Kier alpha value is -0.900. The van der Waals surface area contributed by atoms with Crippen LogP contribution >= 0.6 is 0 Å². The number of piperazine rings is 1. The Bertz CT molecular complexity index is 341. The van der Waals surface area contributed by atoms with E-state index in [1.807, 2.05) is 6.07 Å². The fraction of sp³-hybridized carbons (Fsp3) is 0.500. The smallest absolute Gasteiger partial charge is 0.0873 e. The van der Waals surface area contributed by atoms with Gasteiger partial charge in [-0.25, -0.2) is 0 Å². The summed E-state index contributed by atoms with van der Waals surface area (Å²) in [6.07, 6.45) is -0.172. The minimum absolute atomic E-state index is 0.172. The quantitative estimate of drug-likeness (QED) is 0.722. The lowest BCUT2D eigenvalue weighted by Crippen LogP contribution is -2.42. The van der Waals surface area contributed by atoms with Crippen molar-refractivity contribution in [2.75, 3.05) is 13.1 Å². The molecule has 0 spiro atoms. The van der Waals surface area contributed by atoms with Gasteiger partial charge < -0.3 is 10.4 Å². The number of benzene rings is 1. The molecule has 15 heavy (non-hydrogen) atoms. The maximum atomic E-state index is 9.87. The third-order valence-electron chi connectivity index (χ3n) is 3.52. The van der Waals surface area contributed by atoms with Gasteiger partial charge in [0, 0.05) is 25.7 Å². The van der Waals surface area contributed by atoms with E-state index in [0.29, 0.717) is 12.1 Å². The second kappa shape index (κ2) is 3.59. The molecule has 2 bridgehead atoms. The molecule has 2 aliphatic rings. The summed E-state index contributed by atoms with van der Waals surface area (Å²) < 4.78 is 0. The van der Waals surface area contributed by atoms with E-state index in [9.17, 15) is 5.11 Å². The summed E-state index contributed by atoms with van der Waals surface area (Å²) in [6, 6.07) is 11.1. The molecule has 3 heteroatoms. The van der Waals surface area contributed by atoms with Crippen LogP contribution < -0.4 is 5.32 Å². The molecule has 2 heterocycles. The highest BCUT2D eigenvalue weighted by atomic mass is 16.3. The second-order valence-electron chi connectivity index (χ2n) is 4.49. The first-order valence-corrected chi connectivity index (χ1v) is 5.54. The fourth-order valence-electron chi connectivity index (χ4n) is 2.69. The molecule has 1 aromatic rings. The monoisotopic (exact) mass is 204 g/mol. The van der Waals surface area contributed by atoms with Gasteiger partial charge in [0.1, 0.15) is 0 Å². The van der Waals surface area contributed by atoms with Crippen LogP contribution in [0.25, 0.3) is 0 Å². The summed E-state index contributed by atoms with van der Waals surface area (Å²) in [4.78, 5) is 2.38. The fourth-order valence-corrected chi connectivity index (χ4v) is 2.69. The molecule has 3 rings (SSSR count). The Balaban J connectivity index is 1.71. The Morgan fingerprint density at radius 1 is 1.33 bits per heavy atom. The lowest BCUT2D eigenvalue weighted by Gasteiger charge is -2.26. The van der Waals surface area contributed by atoms with Gasteiger partial charge in [-0.05, 0) is 5.56 Å². The van der Waals surface area contributed by atoms with Crippen molar-refractivity contribution in [3.8, 4) is 0 Å². The summed E-state index contributed by atoms with van der Waals surface area (Å²) in [7, 11) is 0. The number of hydrogen-bond acceptors (Lipinski definition) is 3. The van der Waals surface area contributed by atoms with Crippen molar-refractivity contribution in [1.82, 2.24) is 10.2 Å². The van der Waals surface area contributed by atoms with Gasteiger partial charge in [0.2, 0.25) is 0 Å². The molecule has 80 valence electrons. The van der Waals surface area contributed by atoms with E-state index in [0.717, 1.165) is 19.6 Å². The zero-order valence-electron chi connectivity index (χ0n) is 8.63. The second-order valence-corrected chi connectivity index (χ2v) is 4.49. The molecule has 2 aliphatic heterocycles. The highest BCUT2D eigenvalue weighted by Gasteiger charge is 2.45. The van der Waals surface area contributed by atoms with E-state index in [1.54, 1.807) is 0 Å². The highest BCUT2D eigenvalue weighted by Crippen LogP contribution is 2.25. The molecule has 0 aromatic heterocycles.